The Hall–Kier alpha value is -1.02. The van der Waals surface area contributed by atoms with Crippen molar-refractivity contribution in [1.82, 2.24) is 4.90 Å². The van der Waals surface area contributed by atoms with Crippen molar-refractivity contribution in [2.45, 2.75) is 44.9 Å². The first-order valence-electron chi connectivity index (χ1n) is 8.25. The van der Waals surface area contributed by atoms with Gasteiger partial charge in [-0.3, -0.25) is 0 Å². The third-order valence-electron chi connectivity index (χ3n) is 5.70. The molecule has 1 aromatic carbocycles. The van der Waals surface area contributed by atoms with E-state index in [1.165, 1.54) is 50.9 Å². The van der Waals surface area contributed by atoms with Gasteiger partial charge >= 0.3 is 0 Å². The van der Waals surface area contributed by atoms with Crippen LogP contribution >= 0.6 is 0 Å². The van der Waals surface area contributed by atoms with Crippen molar-refractivity contribution < 1.29 is 0 Å². The molecule has 2 unspecified atom stereocenters. The summed E-state index contributed by atoms with van der Waals surface area (Å²) >= 11 is 0. The molecular weight excluding hydrogens is 244 g/mol. The number of hydrogen-bond donors (Lipinski definition) is 1. The molecule has 1 aromatic rings. The second-order valence-corrected chi connectivity index (χ2v) is 6.90. The maximum atomic E-state index is 6.18. The fourth-order valence-corrected chi connectivity index (χ4v) is 4.29. The van der Waals surface area contributed by atoms with Crippen LogP contribution in [0.15, 0.2) is 24.3 Å². The molecule has 0 aromatic heterocycles. The fraction of sp³-hybridized carbons (Fsp3) is 0.667. The van der Waals surface area contributed by atoms with E-state index in [0.29, 0.717) is 5.41 Å². The second-order valence-electron chi connectivity index (χ2n) is 6.90. The van der Waals surface area contributed by atoms with Gasteiger partial charge in [-0.1, -0.05) is 51.3 Å². The smallest absolute Gasteiger partial charge is 0.0352 e. The van der Waals surface area contributed by atoms with Crippen LogP contribution in [0.5, 0.6) is 0 Å². The van der Waals surface area contributed by atoms with Gasteiger partial charge in [0.05, 0.1) is 0 Å². The third-order valence-corrected chi connectivity index (χ3v) is 5.70. The van der Waals surface area contributed by atoms with E-state index < -0.39 is 0 Å². The summed E-state index contributed by atoms with van der Waals surface area (Å²) in [5.41, 5.74) is 8.91. The Labute approximate surface area is 123 Å². The molecule has 110 valence electrons. The molecule has 2 heteroatoms. The molecule has 2 fully saturated rings. The van der Waals surface area contributed by atoms with Crippen LogP contribution in [0.1, 0.15) is 45.1 Å². The molecule has 20 heavy (non-hydrogen) atoms. The number of likely N-dealkylation sites (tertiary alicyclic amines) is 1. The molecule has 1 aliphatic carbocycles. The Kier molecular flexibility index (Phi) is 3.76. The molecule has 2 atom stereocenters. The lowest BCUT2D eigenvalue weighted by atomic mass is 9.91. The topological polar surface area (TPSA) is 29.3 Å². The molecule has 2 N–H and O–H groups in total. The van der Waals surface area contributed by atoms with Crippen LogP contribution in [0.2, 0.25) is 0 Å². The van der Waals surface area contributed by atoms with Gasteiger partial charge in [0.25, 0.3) is 0 Å². The molecule has 1 saturated heterocycles. The normalized spacial score (nSPS) is 32.3. The molecule has 0 radical (unpaired) electrons. The summed E-state index contributed by atoms with van der Waals surface area (Å²) in [4.78, 5) is 2.67. The molecule has 1 saturated carbocycles. The van der Waals surface area contributed by atoms with E-state index in [2.05, 4.69) is 36.9 Å². The summed E-state index contributed by atoms with van der Waals surface area (Å²) in [7, 11) is 0. The molecule has 0 spiro atoms. The number of nitrogen functional groups attached to an aromatic ring is 1. The molecule has 0 amide bonds. The summed E-state index contributed by atoms with van der Waals surface area (Å²) in [6.07, 6.45) is 5.48. The quantitative estimate of drug-likeness (QED) is 0.632. The number of piperidine rings is 1. The van der Waals surface area contributed by atoms with E-state index in [9.17, 15) is 0 Å². The Morgan fingerprint density at radius 3 is 2.50 bits per heavy atom. The number of unbranched alkanes of at least 4 members (excludes halogenated alkanes) is 3. The molecular formula is C18H28N2. The van der Waals surface area contributed by atoms with Crippen molar-refractivity contribution in [2.75, 3.05) is 25.4 Å². The SMILES string of the molecule is CCCCCCN1CC2C(C1)C2(C)c1ccccc1N. The van der Waals surface area contributed by atoms with Gasteiger partial charge in [0.15, 0.2) is 0 Å². The Balaban J connectivity index is 1.55. The number of hydrogen-bond acceptors (Lipinski definition) is 2. The van der Waals surface area contributed by atoms with E-state index in [1.807, 2.05) is 6.07 Å². The Morgan fingerprint density at radius 1 is 1.15 bits per heavy atom. The zero-order chi connectivity index (χ0) is 14.2. The van der Waals surface area contributed by atoms with Crippen molar-refractivity contribution in [2.24, 2.45) is 11.8 Å². The van der Waals surface area contributed by atoms with Crippen LogP contribution < -0.4 is 5.73 Å². The summed E-state index contributed by atoms with van der Waals surface area (Å²) in [5.74, 6) is 1.66. The standard InChI is InChI=1S/C18H28N2/c1-3-4-5-8-11-20-12-15-16(13-20)18(15,2)14-9-6-7-10-17(14)19/h6-7,9-10,15-16H,3-5,8,11-13,19H2,1-2H3. The molecule has 0 bridgehead atoms. The maximum absolute atomic E-state index is 6.18. The van der Waals surface area contributed by atoms with Crippen molar-refractivity contribution in [1.29, 1.82) is 0 Å². The number of fused-ring (bicyclic) bond motifs is 1. The number of nitrogens with two attached hydrogens (primary N) is 1. The highest BCUT2D eigenvalue weighted by Gasteiger charge is 2.65. The molecule has 2 nitrogen and oxygen atoms in total. The largest absolute Gasteiger partial charge is 0.398 e. The van der Waals surface area contributed by atoms with Crippen LogP contribution in [-0.4, -0.2) is 24.5 Å². The van der Waals surface area contributed by atoms with E-state index in [-0.39, 0.29) is 0 Å². The van der Waals surface area contributed by atoms with Crippen LogP contribution in [0.3, 0.4) is 0 Å². The second kappa shape index (κ2) is 5.40. The monoisotopic (exact) mass is 272 g/mol. The van der Waals surface area contributed by atoms with E-state index in [1.54, 1.807) is 0 Å². The van der Waals surface area contributed by atoms with E-state index >= 15 is 0 Å². The van der Waals surface area contributed by atoms with Gasteiger partial charge in [0, 0.05) is 24.2 Å². The lowest BCUT2D eigenvalue weighted by molar-refractivity contribution is 0.271. The molecule has 1 aliphatic heterocycles. The van der Waals surface area contributed by atoms with Crippen LogP contribution in [0.4, 0.5) is 5.69 Å². The highest BCUT2D eigenvalue weighted by atomic mass is 15.2. The lowest BCUT2D eigenvalue weighted by Crippen LogP contribution is -2.30. The van der Waals surface area contributed by atoms with Gasteiger partial charge in [0.2, 0.25) is 0 Å². The van der Waals surface area contributed by atoms with E-state index in [4.69, 9.17) is 5.73 Å². The number of anilines is 1. The van der Waals surface area contributed by atoms with Gasteiger partial charge in [-0.05, 0) is 36.4 Å². The first-order chi connectivity index (χ1) is 9.67. The highest BCUT2D eigenvalue weighted by Crippen LogP contribution is 2.64. The minimum Gasteiger partial charge on any atom is -0.398 e. The number of benzene rings is 1. The minimum atomic E-state index is 0.352. The predicted octanol–water partition coefficient (Wildman–Crippen LogP) is 3.67. The summed E-state index contributed by atoms with van der Waals surface area (Å²) < 4.78 is 0. The average molecular weight is 272 g/mol. The van der Waals surface area contributed by atoms with Crippen LogP contribution in [0, 0.1) is 11.8 Å². The number of para-hydroxylation sites is 1. The zero-order valence-corrected chi connectivity index (χ0v) is 12.9. The van der Waals surface area contributed by atoms with Crippen molar-refractivity contribution in [3.8, 4) is 0 Å². The first-order valence-corrected chi connectivity index (χ1v) is 8.25. The van der Waals surface area contributed by atoms with Crippen molar-refractivity contribution in [3.05, 3.63) is 29.8 Å². The summed E-state index contributed by atoms with van der Waals surface area (Å²) in [6.45, 7) is 8.56. The minimum absolute atomic E-state index is 0.352. The number of rotatable bonds is 6. The Bertz CT molecular complexity index is 456. The first kappa shape index (κ1) is 13.9. The van der Waals surface area contributed by atoms with Gasteiger partial charge in [-0.2, -0.15) is 0 Å². The van der Waals surface area contributed by atoms with Crippen LogP contribution in [-0.2, 0) is 5.41 Å². The summed E-state index contributed by atoms with van der Waals surface area (Å²) in [5, 5.41) is 0. The fourth-order valence-electron chi connectivity index (χ4n) is 4.29. The predicted molar refractivity (Wildman–Crippen MR) is 85.8 cm³/mol. The van der Waals surface area contributed by atoms with Gasteiger partial charge < -0.3 is 10.6 Å². The van der Waals surface area contributed by atoms with Gasteiger partial charge in [-0.15, -0.1) is 0 Å². The molecule has 1 heterocycles. The molecule has 2 aliphatic rings. The van der Waals surface area contributed by atoms with Crippen molar-refractivity contribution in [3.63, 3.8) is 0 Å². The third kappa shape index (κ3) is 2.24. The van der Waals surface area contributed by atoms with E-state index in [0.717, 1.165) is 17.5 Å². The lowest BCUT2D eigenvalue weighted by Gasteiger charge is -2.25. The molecule has 3 rings (SSSR count). The highest BCUT2D eigenvalue weighted by molar-refractivity contribution is 5.55. The summed E-state index contributed by atoms with van der Waals surface area (Å²) in [6, 6.07) is 8.46. The van der Waals surface area contributed by atoms with Gasteiger partial charge in [-0.25, -0.2) is 0 Å². The Morgan fingerprint density at radius 2 is 1.85 bits per heavy atom. The zero-order valence-electron chi connectivity index (χ0n) is 12.9. The number of nitrogens with zero attached hydrogens (tertiary/aromatic N) is 1. The maximum Gasteiger partial charge on any atom is 0.0352 e. The van der Waals surface area contributed by atoms with Crippen LogP contribution in [0.25, 0.3) is 0 Å². The van der Waals surface area contributed by atoms with Gasteiger partial charge in [0.1, 0.15) is 0 Å². The average Bonchev–Trinajstić information content (AvgIpc) is 2.83. The van der Waals surface area contributed by atoms with Crippen molar-refractivity contribution >= 4 is 5.69 Å².